The first-order valence-corrected chi connectivity index (χ1v) is 7.78. The van der Waals surface area contributed by atoms with E-state index < -0.39 is 27.2 Å². The Hall–Kier alpha value is -1.47. The lowest BCUT2D eigenvalue weighted by atomic mass is 10.1. The fraction of sp³-hybridized carbons (Fsp3) is 0.462. The van der Waals surface area contributed by atoms with Crippen molar-refractivity contribution in [3.8, 4) is 5.75 Å². The highest BCUT2D eigenvalue weighted by atomic mass is 32.2. The van der Waals surface area contributed by atoms with E-state index in [0.29, 0.717) is 13.0 Å². The molecule has 112 valence electrons. The van der Waals surface area contributed by atoms with E-state index in [1.165, 1.54) is 20.3 Å². The van der Waals surface area contributed by atoms with Crippen LogP contribution in [0.25, 0.3) is 0 Å². The van der Waals surface area contributed by atoms with E-state index >= 15 is 0 Å². The van der Waals surface area contributed by atoms with Crippen LogP contribution < -0.4 is 4.74 Å². The van der Waals surface area contributed by atoms with Gasteiger partial charge in [0.05, 0.1) is 18.4 Å². The van der Waals surface area contributed by atoms with Crippen molar-refractivity contribution >= 4 is 15.6 Å². The maximum absolute atomic E-state index is 13.2. The molecule has 0 bridgehead atoms. The Morgan fingerprint density at radius 1 is 1.30 bits per heavy atom. The molecule has 0 radical (unpaired) electrons. The first-order valence-electron chi connectivity index (χ1n) is 5.95. The minimum atomic E-state index is -3.55. The summed E-state index contributed by atoms with van der Waals surface area (Å²) in [4.78, 5) is 12.0. The summed E-state index contributed by atoms with van der Waals surface area (Å²) in [5.41, 5.74) is -0.0668. The van der Waals surface area contributed by atoms with E-state index in [0.717, 1.165) is 12.1 Å². The van der Waals surface area contributed by atoms with Crippen molar-refractivity contribution in [1.29, 1.82) is 0 Å². The zero-order valence-corrected chi connectivity index (χ0v) is 12.2. The molecule has 0 spiro atoms. The Bertz CT molecular complexity index is 568. The summed E-state index contributed by atoms with van der Waals surface area (Å²) >= 11 is 0. The van der Waals surface area contributed by atoms with Crippen molar-refractivity contribution in [3.63, 3.8) is 0 Å². The summed E-state index contributed by atoms with van der Waals surface area (Å²) in [6.07, 6.45) is 0.312. The molecule has 5 nitrogen and oxygen atoms in total. The Kier molecular flexibility index (Phi) is 6.09. The van der Waals surface area contributed by atoms with Crippen LogP contribution in [0.15, 0.2) is 18.2 Å². The molecule has 0 saturated carbocycles. The van der Waals surface area contributed by atoms with Gasteiger partial charge in [0.15, 0.2) is 15.6 Å². The number of carbonyl (C=O) groups excluding carboxylic acids is 1. The molecular weight excluding hydrogens is 287 g/mol. The molecule has 0 unspecified atom stereocenters. The molecule has 0 aliphatic rings. The molecule has 1 aromatic carbocycles. The predicted molar refractivity (Wildman–Crippen MR) is 72.4 cm³/mol. The highest BCUT2D eigenvalue weighted by Gasteiger charge is 2.21. The molecule has 0 heterocycles. The predicted octanol–water partition coefficient (Wildman–Crippen LogP) is 1.47. The van der Waals surface area contributed by atoms with Gasteiger partial charge < -0.3 is 9.47 Å². The van der Waals surface area contributed by atoms with E-state index in [1.807, 2.05) is 0 Å². The molecule has 0 saturated heterocycles. The van der Waals surface area contributed by atoms with Gasteiger partial charge in [-0.3, -0.25) is 4.79 Å². The van der Waals surface area contributed by atoms with E-state index in [-0.39, 0.29) is 17.1 Å². The van der Waals surface area contributed by atoms with Crippen LogP contribution in [0, 0.1) is 5.82 Å². The number of rotatable bonds is 8. The Morgan fingerprint density at radius 2 is 2.00 bits per heavy atom. The molecule has 0 atom stereocenters. The lowest BCUT2D eigenvalue weighted by Crippen LogP contribution is -2.20. The molecule has 0 aliphatic carbocycles. The van der Waals surface area contributed by atoms with Gasteiger partial charge in [-0.1, -0.05) is 0 Å². The monoisotopic (exact) mass is 304 g/mol. The van der Waals surface area contributed by atoms with Crippen LogP contribution in [0.4, 0.5) is 4.39 Å². The van der Waals surface area contributed by atoms with Gasteiger partial charge in [0.25, 0.3) is 0 Å². The van der Waals surface area contributed by atoms with Crippen molar-refractivity contribution in [2.24, 2.45) is 0 Å². The van der Waals surface area contributed by atoms with E-state index in [1.54, 1.807) is 0 Å². The molecule has 20 heavy (non-hydrogen) atoms. The quantitative estimate of drug-likeness (QED) is 0.537. The number of hydrogen-bond donors (Lipinski definition) is 0. The maximum atomic E-state index is 13.2. The Morgan fingerprint density at radius 3 is 2.60 bits per heavy atom. The fourth-order valence-corrected chi connectivity index (χ4v) is 2.93. The third kappa shape index (κ3) is 4.90. The summed E-state index contributed by atoms with van der Waals surface area (Å²) < 4.78 is 46.4. The number of ketones is 1. The third-order valence-corrected chi connectivity index (χ3v) is 4.23. The highest BCUT2D eigenvalue weighted by Crippen LogP contribution is 2.20. The summed E-state index contributed by atoms with van der Waals surface area (Å²) in [5.74, 6) is -1.96. The van der Waals surface area contributed by atoms with Crippen LogP contribution in [0.1, 0.15) is 16.8 Å². The van der Waals surface area contributed by atoms with Crippen molar-refractivity contribution in [2.45, 2.75) is 6.42 Å². The van der Waals surface area contributed by atoms with Crippen LogP contribution in [0.2, 0.25) is 0 Å². The normalized spacial score (nSPS) is 11.3. The van der Waals surface area contributed by atoms with E-state index in [9.17, 15) is 17.6 Å². The zero-order valence-electron chi connectivity index (χ0n) is 11.4. The first kappa shape index (κ1) is 16.6. The van der Waals surface area contributed by atoms with Crippen LogP contribution in [0.3, 0.4) is 0 Å². The number of benzene rings is 1. The lowest BCUT2D eigenvalue weighted by molar-refractivity contribution is 0.101. The summed E-state index contributed by atoms with van der Waals surface area (Å²) in [6.45, 7) is 0.302. The number of ether oxygens (including phenoxy) is 2. The molecule has 7 heteroatoms. The second kappa shape index (κ2) is 7.35. The topological polar surface area (TPSA) is 69.7 Å². The molecular formula is C13H17FO5S. The summed E-state index contributed by atoms with van der Waals surface area (Å²) in [5, 5.41) is 0. The Balaban J connectivity index is 2.83. The SMILES string of the molecule is COCCCS(=O)(=O)CC(=O)c1cc(F)ccc1OC. The van der Waals surface area contributed by atoms with Gasteiger partial charge in [-0.2, -0.15) is 0 Å². The smallest absolute Gasteiger partial charge is 0.181 e. The molecule has 0 fully saturated rings. The largest absolute Gasteiger partial charge is 0.496 e. The second-order valence-electron chi connectivity index (χ2n) is 4.21. The van der Waals surface area contributed by atoms with Gasteiger partial charge in [0.1, 0.15) is 17.3 Å². The van der Waals surface area contributed by atoms with E-state index in [2.05, 4.69) is 0 Å². The first-order chi connectivity index (χ1) is 9.39. The minimum absolute atomic E-state index is 0.0668. The average Bonchev–Trinajstić information content (AvgIpc) is 2.38. The highest BCUT2D eigenvalue weighted by molar-refractivity contribution is 7.92. The van der Waals surface area contributed by atoms with Crippen molar-refractivity contribution in [3.05, 3.63) is 29.6 Å². The zero-order chi connectivity index (χ0) is 15.2. The molecule has 0 N–H and O–H groups in total. The summed E-state index contributed by atoms with van der Waals surface area (Å²) in [6, 6.07) is 3.41. The van der Waals surface area contributed by atoms with Gasteiger partial charge in [-0.15, -0.1) is 0 Å². The molecule has 0 aliphatic heterocycles. The average molecular weight is 304 g/mol. The molecule has 0 aromatic heterocycles. The van der Waals surface area contributed by atoms with Crippen molar-refractivity contribution in [2.75, 3.05) is 32.3 Å². The van der Waals surface area contributed by atoms with Gasteiger partial charge in [-0.25, -0.2) is 12.8 Å². The number of methoxy groups -OCH3 is 2. The molecule has 1 rings (SSSR count). The van der Waals surface area contributed by atoms with Gasteiger partial charge in [0.2, 0.25) is 0 Å². The van der Waals surface area contributed by atoms with E-state index in [4.69, 9.17) is 9.47 Å². The van der Waals surface area contributed by atoms with Gasteiger partial charge >= 0.3 is 0 Å². The standard InChI is InChI=1S/C13H17FO5S/c1-18-6-3-7-20(16,17)9-12(15)11-8-10(14)4-5-13(11)19-2/h4-5,8H,3,6-7,9H2,1-2H3. The van der Waals surface area contributed by atoms with Crippen molar-refractivity contribution < 1.29 is 27.1 Å². The van der Waals surface area contributed by atoms with Gasteiger partial charge in [0, 0.05) is 13.7 Å². The number of halogens is 1. The van der Waals surface area contributed by atoms with Crippen LogP contribution in [-0.4, -0.2) is 46.5 Å². The lowest BCUT2D eigenvalue weighted by Gasteiger charge is -2.08. The number of sulfone groups is 1. The Labute approximate surface area is 117 Å². The molecule has 1 aromatic rings. The van der Waals surface area contributed by atoms with Gasteiger partial charge in [-0.05, 0) is 24.6 Å². The molecule has 0 amide bonds. The van der Waals surface area contributed by atoms with Crippen LogP contribution in [0.5, 0.6) is 5.75 Å². The second-order valence-corrected chi connectivity index (χ2v) is 6.39. The summed E-state index contributed by atoms with van der Waals surface area (Å²) in [7, 11) is -0.748. The number of hydrogen-bond acceptors (Lipinski definition) is 5. The third-order valence-electron chi connectivity index (χ3n) is 2.62. The number of Topliss-reactive ketones (excluding diaryl/α,β-unsaturated/α-hetero) is 1. The minimum Gasteiger partial charge on any atom is -0.496 e. The van der Waals surface area contributed by atoms with Crippen LogP contribution >= 0.6 is 0 Å². The van der Waals surface area contributed by atoms with Crippen molar-refractivity contribution in [1.82, 2.24) is 0 Å². The van der Waals surface area contributed by atoms with Crippen LogP contribution in [-0.2, 0) is 14.6 Å². The fourth-order valence-electron chi connectivity index (χ4n) is 1.67. The maximum Gasteiger partial charge on any atom is 0.181 e. The number of carbonyl (C=O) groups is 1.